The molecule has 0 amide bonds. The van der Waals surface area contributed by atoms with E-state index in [2.05, 4.69) is 4.74 Å². The molecule has 1 aromatic carbocycles. The van der Waals surface area contributed by atoms with Crippen molar-refractivity contribution in [3.63, 3.8) is 0 Å². The Balaban J connectivity index is 2.45. The number of pyridine rings is 1. The number of alkyl halides is 3. The molecule has 0 unspecified atom stereocenters. The van der Waals surface area contributed by atoms with Crippen molar-refractivity contribution in [1.82, 2.24) is 4.57 Å². The monoisotopic (exact) mass is 349 g/mol. The molecule has 1 saturated carbocycles. The van der Waals surface area contributed by atoms with Gasteiger partial charge in [-0.1, -0.05) is 0 Å². The van der Waals surface area contributed by atoms with Gasteiger partial charge in [0.2, 0.25) is 11.2 Å². The number of benzene rings is 1. The second-order valence-electron chi connectivity index (χ2n) is 5.18. The molecule has 5 nitrogen and oxygen atoms in total. The smallest absolute Gasteiger partial charge is 0.387 e. The van der Waals surface area contributed by atoms with Crippen LogP contribution in [-0.4, -0.2) is 28.4 Å². The molecule has 24 heavy (non-hydrogen) atoms. The third-order valence-electron chi connectivity index (χ3n) is 3.64. The Hall–Kier alpha value is -2.65. The first-order valence-electron chi connectivity index (χ1n) is 6.61. The number of fused-ring (bicyclic) bond motifs is 1. The van der Waals surface area contributed by atoms with Crippen LogP contribution in [0.25, 0.3) is 10.9 Å². The molecule has 0 radical (unpaired) electrons. The Morgan fingerprint density at radius 3 is 2.50 bits per heavy atom. The van der Waals surface area contributed by atoms with Gasteiger partial charge in [0.05, 0.1) is 16.9 Å². The van der Waals surface area contributed by atoms with Gasteiger partial charge in [-0.25, -0.2) is 13.6 Å². The molecule has 2 aromatic rings. The van der Waals surface area contributed by atoms with E-state index >= 15 is 0 Å². The van der Waals surface area contributed by atoms with Gasteiger partial charge in [-0.3, -0.25) is 4.79 Å². The number of halogens is 5. The highest BCUT2D eigenvalue weighted by Crippen LogP contribution is 2.43. The minimum absolute atomic E-state index is 0.0931. The second kappa shape index (κ2) is 5.46. The maximum Gasteiger partial charge on any atom is 0.387 e. The maximum absolute atomic E-state index is 13.9. The van der Waals surface area contributed by atoms with E-state index in [0.29, 0.717) is 12.3 Å². The van der Waals surface area contributed by atoms with Crippen LogP contribution in [0.5, 0.6) is 5.75 Å². The van der Waals surface area contributed by atoms with Gasteiger partial charge in [-0.2, -0.15) is 13.2 Å². The summed E-state index contributed by atoms with van der Waals surface area (Å²) < 4.78 is 70.8. The van der Waals surface area contributed by atoms with Gasteiger partial charge in [0, 0.05) is 12.6 Å². The van der Waals surface area contributed by atoms with Crippen LogP contribution in [0.3, 0.4) is 0 Å². The SMILES string of the molecule is O=C(O)c1cn([C@@H]2C[C@@H]2F)c2c(OC(F)F)c(F)c(F)cc2c1=O. The zero-order valence-corrected chi connectivity index (χ0v) is 11.6. The Labute approximate surface area is 129 Å². The molecule has 0 bridgehead atoms. The van der Waals surface area contributed by atoms with E-state index in [9.17, 15) is 31.5 Å². The van der Waals surface area contributed by atoms with Crippen LogP contribution in [-0.2, 0) is 0 Å². The largest absolute Gasteiger partial charge is 0.477 e. The molecule has 0 spiro atoms. The fourth-order valence-electron chi connectivity index (χ4n) is 2.48. The number of hydrogen-bond acceptors (Lipinski definition) is 3. The van der Waals surface area contributed by atoms with Crippen molar-refractivity contribution in [2.75, 3.05) is 0 Å². The molecular formula is C14H8F5NO4. The van der Waals surface area contributed by atoms with E-state index in [1.54, 1.807) is 0 Å². The van der Waals surface area contributed by atoms with Gasteiger partial charge in [0.15, 0.2) is 11.6 Å². The van der Waals surface area contributed by atoms with Gasteiger partial charge in [-0.05, 0) is 6.07 Å². The summed E-state index contributed by atoms with van der Waals surface area (Å²) in [5.41, 5.74) is -2.66. The lowest BCUT2D eigenvalue weighted by Gasteiger charge is -2.16. The molecule has 1 aliphatic rings. The van der Waals surface area contributed by atoms with E-state index < -0.39 is 64.1 Å². The fourth-order valence-corrected chi connectivity index (χ4v) is 2.48. The summed E-state index contributed by atoms with van der Waals surface area (Å²) in [6, 6.07) is -0.611. The summed E-state index contributed by atoms with van der Waals surface area (Å²) >= 11 is 0. The number of rotatable bonds is 4. The van der Waals surface area contributed by atoms with E-state index in [0.717, 1.165) is 4.57 Å². The van der Waals surface area contributed by atoms with E-state index in [1.807, 2.05) is 0 Å². The van der Waals surface area contributed by atoms with Crippen molar-refractivity contribution < 1.29 is 36.6 Å². The van der Waals surface area contributed by atoms with Crippen LogP contribution in [0.1, 0.15) is 22.8 Å². The number of hydrogen-bond donors (Lipinski definition) is 1. The number of aromatic nitrogens is 1. The zero-order chi connectivity index (χ0) is 17.8. The van der Waals surface area contributed by atoms with Crippen molar-refractivity contribution >= 4 is 16.9 Å². The van der Waals surface area contributed by atoms with Gasteiger partial charge >= 0.3 is 12.6 Å². The first-order chi connectivity index (χ1) is 11.2. The minimum Gasteiger partial charge on any atom is -0.477 e. The minimum atomic E-state index is -3.53. The van der Waals surface area contributed by atoms with Crippen LogP contribution >= 0.6 is 0 Å². The summed E-state index contributed by atoms with van der Waals surface area (Å²) in [7, 11) is 0. The highest BCUT2D eigenvalue weighted by Gasteiger charge is 2.41. The van der Waals surface area contributed by atoms with Crippen molar-refractivity contribution in [1.29, 1.82) is 0 Å². The van der Waals surface area contributed by atoms with E-state index in [1.165, 1.54) is 0 Å². The number of carboxylic acids is 1. The molecule has 1 aromatic heterocycles. The highest BCUT2D eigenvalue weighted by molar-refractivity contribution is 5.94. The number of aromatic carboxylic acids is 1. The summed E-state index contributed by atoms with van der Waals surface area (Å²) in [5, 5.41) is 8.34. The predicted molar refractivity (Wildman–Crippen MR) is 70.3 cm³/mol. The van der Waals surface area contributed by atoms with Crippen molar-refractivity contribution in [3.05, 3.63) is 39.7 Å². The molecule has 1 fully saturated rings. The van der Waals surface area contributed by atoms with E-state index in [4.69, 9.17) is 5.11 Å². The molecule has 1 aliphatic carbocycles. The van der Waals surface area contributed by atoms with Crippen LogP contribution in [0.4, 0.5) is 22.0 Å². The van der Waals surface area contributed by atoms with Crippen molar-refractivity contribution in [2.24, 2.45) is 0 Å². The Morgan fingerprint density at radius 2 is 2.00 bits per heavy atom. The third kappa shape index (κ3) is 2.47. The number of carbonyl (C=O) groups is 1. The van der Waals surface area contributed by atoms with E-state index in [-0.39, 0.29) is 6.42 Å². The average Bonchev–Trinajstić information content (AvgIpc) is 3.21. The standard InChI is InChI=1S/C14H8F5NO4/c15-6-2-8(6)20-3-5(13(22)23)11(21)4-1-7(16)9(17)12(10(4)20)24-14(18)19/h1,3,6,8,14H,2H2,(H,22,23)/t6-,8+/m0/s1. The molecule has 128 valence electrons. The summed E-state index contributed by atoms with van der Waals surface area (Å²) in [5.74, 6) is -6.40. The van der Waals surface area contributed by atoms with Crippen molar-refractivity contribution in [2.45, 2.75) is 25.2 Å². The van der Waals surface area contributed by atoms with Gasteiger partial charge in [0.25, 0.3) is 0 Å². The van der Waals surface area contributed by atoms with Crippen LogP contribution in [0, 0.1) is 11.6 Å². The second-order valence-corrected chi connectivity index (χ2v) is 5.18. The highest BCUT2D eigenvalue weighted by atomic mass is 19.3. The van der Waals surface area contributed by atoms with Gasteiger partial charge in [-0.15, -0.1) is 0 Å². The van der Waals surface area contributed by atoms with Gasteiger partial charge in [0.1, 0.15) is 11.7 Å². The van der Waals surface area contributed by atoms with Crippen LogP contribution in [0.2, 0.25) is 0 Å². The average molecular weight is 349 g/mol. The maximum atomic E-state index is 13.9. The lowest BCUT2D eigenvalue weighted by atomic mass is 10.1. The Morgan fingerprint density at radius 1 is 1.38 bits per heavy atom. The first-order valence-corrected chi connectivity index (χ1v) is 6.61. The van der Waals surface area contributed by atoms with Gasteiger partial charge < -0.3 is 14.4 Å². The number of carboxylic acid groups (broad SMARTS) is 1. The molecule has 1 heterocycles. The normalized spacial score (nSPS) is 19.8. The molecule has 10 heteroatoms. The molecule has 2 atom stereocenters. The quantitative estimate of drug-likeness (QED) is 0.862. The Bertz CT molecular complexity index is 910. The summed E-state index contributed by atoms with van der Waals surface area (Å²) in [6.07, 6.45) is -0.818. The zero-order valence-electron chi connectivity index (χ0n) is 11.6. The number of ether oxygens (including phenoxy) is 1. The first kappa shape index (κ1) is 16.2. The molecule has 0 saturated heterocycles. The van der Waals surface area contributed by atoms with Crippen LogP contribution < -0.4 is 10.2 Å². The number of nitrogens with zero attached hydrogens (tertiary/aromatic N) is 1. The molecular weight excluding hydrogens is 341 g/mol. The molecule has 1 N–H and O–H groups in total. The summed E-state index contributed by atoms with van der Waals surface area (Å²) in [4.78, 5) is 23.3. The molecule has 0 aliphatic heterocycles. The fraction of sp³-hybridized carbons (Fsp3) is 0.286. The topological polar surface area (TPSA) is 68.5 Å². The predicted octanol–water partition coefficient (Wildman–Crippen LogP) is 2.86. The van der Waals surface area contributed by atoms with Crippen LogP contribution in [0.15, 0.2) is 17.1 Å². The third-order valence-corrected chi connectivity index (χ3v) is 3.64. The lowest BCUT2D eigenvalue weighted by Crippen LogP contribution is -2.20. The lowest BCUT2D eigenvalue weighted by molar-refractivity contribution is -0.0516. The molecule has 3 rings (SSSR count). The summed E-state index contributed by atoms with van der Waals surface area (Å²) in [6.45, 7) is -3.53. The Kier molecular flexibility index (Phi) is 3.69. The van der Waals surface area contributed by atoms with Crippen molar-refractivity contribution in [3.8, 4) is 5.75 Å².